The third-order valence-electron chi connectivity index (χ3n) is 4.85. The van der Waals surface area contributed by atoms with E-state index in [1.165, 1.54) is 0 Å². The van der Waals surface area contributed by atoms with Crippen LogP contribution in [0, 0.1) is 13.8 Å². The first-order valence-electron chi connectivity index (χ1n) is 9.95. The summed E-state index contributed by atoms with van der Waals surface area (Å²) in [5.74, 6) is -1.68. The molecule has 1 N–H and O–H groups in total. The predicted octanol–water partition coefficient (Wildman–Crippen LogP) is 4.41. The molecule has 0 saturated heterocycles. The second kappa shape index (κ2) is 9.72. The fourth-order valence-electron chi connectivity index (χ4n) is 3.10. The smallest absolute Gasteiger partial charge is 0.417 e. The third-order valence-corrected chi connectivity index (χ3v) is 4.85. The highest BCUT2D eigenvalue weighted by Crippen LogP contribution is 2.28. The Bertz CT molecular complexity index is 1220. The summed E-state index contributed by atoms with van der Waals surface area (Å²) in [6, 6.07) is 15.0. The number of hydrogen-bond acceptors (Lipinski definition) is 4. The number of halogens is 3. The normalized spacial score (nSPS) is 12.2. The molecule has 3 rings (SSSR count). The van der Waals surface area contributed by atoms with E-state index < -0.39 is 41.8 Å². The number of rotatable bonds is 6. The Labute approximate surface area is 187 Å². The molecule has 33 heavy (non-hydrogen) atoms. The van der Waals surface area contributed by atoms with Gasteiger partial charge < -0.3 is 14.6 Å². The summed E-state index contributed by atoms with van der Waals surface area (Å²) in [6.07, 6.45) is -5.52. The minimum absolute atomic E-state index is 0.366. The van der Waals surface area contributed by atoms with Crippen molar-refractivity contribution in [2.75, 3.05) is 5.32 Å². The Hall–Kier alpha value is -3.88. The molecule has 0 aliphatic carbocycles. The Balaban J connectivity index is 1.84. The zero-order chi connectivity index (χ0) is 24.2. The van der Waals surface area contributed by atoms with E-state index in [0.29, 0.717) is 28.1 Å². The van der Waals surface area contributed by atoms with Gasteiger partial charge in [-0.3, -0.25) is 14.4 Å². The first-order valence-corrected chi connectivity index (χ1v) is 9.95. The van der Waals surface area contributed by atoms with Gasteiger partial charge in [-0.25, -0.2) is 0 Å². The van der Waals surface area contributed by atoms with Gasteiger partial charge in [0.25, 0.3) is 11.5 Å². The molecule has 6 nitrogen and oxygen atoms in total. The van der Waals surface area contributed by atoms with Crippen LogP contribution in [0.4, 0.5) is 18.9 Å². The van der Waals surface area contributed by atoms with Gasteiger partial charge in [-0.15, -0.1) is 0 Å². The predicted molar refractivity (Wildman–Crippen MR) is 116 cm³/mol. The third kappa shape index (κ3) is 6.09. The number of aromatic nitrogens is 1. The Morgan fingerprint density at radius 2 is 1.73 bits per heavy atom. The van der Waals surface area contributed by atoms with Crippen molar-refractivity contribution in [2.45, 2.75) is 32.7 Å². The zero-order valence-electron chi connectivity index (χ0n) is 17.8. The van der Waals surface area contributed by atoms with Gasteiger partial charge in [-0.2, -0.15) is 13.2 Å². The molecular formula is C24H21F3N2O4. The molecule has 0 aliphatic rings. The maximum atomic E-state index is 13.0. The van der Waals surface area contributed by atoms with Crippen LogP contribution < -0.4 is 10.9 Å². The second-order valence-corrected chi connectivity index (χ2v) is 7.47. The van der Waals surface area contributed by atoms with E-state index in [4.69, 9.17) is 4.74 Å². The molecule has 0 radical (unpaired) electrons. The van der Waals surface area contributed by atoms with Gasteiger partial charge in [0.15, 0.2) is 0 Å². The lowest BCUT2D eigenvalue weighted by Gasteiger charge is -2.19. The molecule has 172 valence electrons. The lowest BCUT2D eigenvalue weighted by Crippen LogP contribution is -2.30. The van der Waals surface area contributed by atoms with E-state index in [0.717, 1.165) is 17.2 Å². The molecule has 1 unspecified atom stereocenters. The fourth-order valence-corrected chi connectivity index (χ4v) is 3.10. The number of ether oxygens (including phenoxy) is 1. The van der Waals surface area contributed by atoms with E-state index >= 15 is 0 Å². The SMILES string of the molecule is Cc1ccc(C)c(NC(=O)C(OC(=O)Cn2cc(C(F)(F)F)ccc2=O)c2ccccc2)c1. The largest absolute Gasteiger partial charge is 0.446 e. The second-order valence-electron chi connectivity index (χ2n) is 7.47. The molecule has 9 heteroatoms. The lowest BCUT2D eigenvalue weighted by molar-refractivity contribution is -0.155. The van der Waals surface area contributed by atoms with Gasteiger partial charge in [0.2, 0.25) is 6.10 Å². The van der Waals surface area contributed by atoms with Crippen LogP contribution in [0.1, 0.15) is 28.4 Å². The molecule has 2 aromatic carbocycles. The van der Waals surface area contributed by atoms with Gasteiger partial charge in [-0.05, 0) is 37.1 Å². The van der Waals surface area contributed by atoms with Gasteiger partial charge >= 0.3 is 12.1 Å². The number of benzene rings is 2. The van der Waals surface area contributed by atoms with Crippen LogP contribution in [-0.2, 0) is 27.0 Å². The van der Waals surface area contributed by atoms with Crippen LogP contribution in [0.25, 0.3) is 0 Å². The van der Waals surface area contributed by atoms with Crippen molar-refractivity contribution in [3.8, 4) is 0 Å². The number of pyridine rings is 1. The van der Waals surface area contributed by atoms with Crippen molar-refractivity contribution in [1.82, 2.24) is 4.57 Å². The van der Waals surface area contributed by atoms with E-state index in [2.05, 4.69) is 5.32 Å². The van der Waals surface area contributed by atoms with Gasteiger partial charge in [0.1, 0.15) is 6.54 Å². The van der Waals surface area contributed by atoms with Crippen molar-refractivity contribution in [2.24, 2.45) is 0 Å². The summed E-state index contributed by atoms with van der Waals surface area (Å²) in [6.45, 7) is 2.87. The number of nitrogens with one attached hydrogen (secondary N) is 1. The first-order chi connectivity index (χ1) is 15.5. The van der Waals surface area contributed by atoms with E-state index in [9.17, 15) is 27.6 Å². The quantitative estimate of drug-likeness (QED) is 0.556. The van der Waals surface area contributed by atoms with E-state index in [-0.39, 0.29) is 0 Å². The van der Waals surface area contributed by atoms with Gasteiger partial charge in [0.05, 0.1) is 5.56 Å². The molecule has 0 aliphatic heterocycles. The van der Waals surface area contributed by atoms with Gasteiger partial charge in [-0.1, -0.05) is 42.5 Å². The number of carbonyl (C=O) groups is 2. The molecular weight excluding hydrogens is 437 g/mol. The number of aryl methyl sites for hydroxylation is 2. The van der Waals surface area contributed by atoms with Gasteiger partial charge in [0, 0.05) is 23.5 Å². The Morgan fingerprint density at radius 3 is 2.39 bits per heavy atom. The minimum atomic E-state index is -4.68. The van der Waals surface area contributed by atoms with Crippen molar-refractivity contribution >= 4 is 17.6 Å². The van der Waals surface area contributed by atoms with E-state index in [1.807, 2.05) is 19.1 Å². The number of amides is 1. The number of anilines is 1. The van der Waals surface area contributed by atoms with Crippen LogP contribution in [0.15, 0.2) is 71.7 Å². The van der Waals surface area contributed by atoms with Crippen LogP contribution in [-0.4, -0.2) is 16.4 Å². The monoisotopic (exact) mass is 458 g/mol. The molecule has 0 saturated carbocycles. The number of alkyl halides is 3. The molecule has 1 aromatic heterocycles. The molecule has 0 bridgehead atoms. The molecule has 1 atom stereocenters. The average molecular weight is 458 g/mol. The average Bonchev–Trinajstić information content (AvgIpc) is 2.76. The summed E-state index contributed by atoms with van der Waals surface area (Å²) in [7, 11) is 0. The fraction of sp³-hybridized carbons (Fsp3) is 0.208. The van der Waals surface area contributed by atoms with E-state index in [1.54, 1.807) is 43.3 Å². The molecule has 1 heterocycles. The zero-order valence-corrected chi connectivity index (χ0v) is 17.8. The van der Waals surface area contributed by atoms with Crippen molar-refractivity contribution < 1.29 is 27.5 Å². The lowest BCUT2D eigenvalue weighted by atomic mass is 10.1. The maximum absolute atomic E-state index is 13.0. The maximum Gasteiger partial charge on any atom is 0.417 e. The first kappa shape index (κ1) is 23.8. The van der Waals surface area contributed by atoms with Crippen LogP contribution in [0.5, 0.6) is 0 Å². The molecule has 1 amide bonds. The van der Waals surface area contributed by atoms with Crippen molar-refractivity contribution in [3.05, 3.63) is 99.5 Å². The minimum Gasteiger partial charge on any atom is -0.446 e. The van der Waals surface area contributed by atoms with Crippen molar-refractivity contribution in [1.29, 1.82) is 0 Å². The highest BCUT2D eigenvalue weighted by atomic mass is 19.4. The van der Waals surface area contributed by atoms with Crippen LogP contribution in [0.3, 0.4) is 0 Å². The number of nitrogens with zero attached hydrogens (tertiary/aromatic N) is 1. The number of hydrogen-bond donors (Lipinski definition) is 1. The van der Waals surface area contributed by atoms with Crippen LogP contribution in [0.2, 0.25) is 0 Å². The van der Waals surface area contributed by atoms with Crippen LogP contribution >= 0.6 is 0 Å². The highest BCUT2D eigenvalue weighted by molar-refractivity contribution is 5.96. The number of esters is 1. The molecule has 0 fully saturated rings. The Morgan fingerprint density at radius 1 is 1.03 bits per heavy atom. The standard InChI is InChI=1S/C24H21F3N2O4/c1-15-8-9-16(2)19(12-15)28-23(32)22(17-6-4-3-5-7-17)33-21(31)14-29-13-18(24(25,26)27)10-11-20(29)30/h3-13,22H,14H2,1-2H3,(H,28,32). The summed E-state index contributed by atoms with van der Waals surface area (Å²) >= 11 is 0. The summed E-state index contributed by atoms with van der Waals surface area (Å²) in [4.78, 5) is 37.5. The Kier molecular flexibility index (Phi) is 7.01. The van der Waals surface area contributed by atoms with Crippen molar-refractivity contribution in [3.63, 3.8) is 0 Å². The summed E-state index contributed by atoms with van der Waals surface area (Å²) in [5.41, 5.74) is 0.713. The molecule has 3 aromatic rings. The topological polar surface area (TPSA) is 77.4 Å². The highest BCUT2D eigenvalue weighted by Gasteiger charge is 2.31. The molecule has 0 spiro atoms. The summed E-state index contributed by atoms with van der Waals surface area (Å²) in [5, 5.41) is 2.73. The summed E-state index contributed by atoms with van der Waals surface area (Å²) < 4.78 is 44.8. The number of carbonyl (C=O) groups excluding carboxylic acids is 2.